The fraction of sp³-hybridized carbons (Fsp3) is 0.552. The van der Waals surface area contributed by atoms with Gasteiger partial charge in [-0.2, -0.15) is 5.10 Å². The molecule has 5 rings (SSSR count). The van der Waals surface area contributed by atoms with Crippen LogP contribution in [0.25, 0.3) is 22.3 Å². The molecule has 2 amide bonds. The Hall–Kier alpha value is -3.13. The predicted molar refractivity (Wildman–Crippen MR) is 145 cm³/mol. The Labute approximate surface area is 218 Å². The molecule has 0 bridgehead atoms. The van der Waals surface area contributed by atoms with Crippen LogP contribution >= 0.6 is 0 Å². The number of ether oxygens (including phenoxy) is 1. The van der Waals surface area contributed by atoms with Gasteiger partial charge in [0.25, 0.3) is 0 Å². The number of H-pyrrole nitrogens is 2. The van der Waals surface area contributed by atoms with Crippen molar-refractivity contribution < 1.29 is 14.3 Å². The topological polar surface area (TPSA) is 94.3 Å². The number of carbonyl (C=O) groups is 2. The summed E-state index contributed by atoms with van der Waals surface area (Å²) in [5.74, 6) is -0.0925. The number of nitrogens with zero attached hydrogens (tertiary/aromatic N) is 3. The van der Waals surface area contributed by atoms with Gasteiger partial charge in [0.15, 0.2) is 0 Å². The molecule has 2 aromatic heterocycles. The van der Waals surface area contributed by atoms with E-state index in [1.165, 1.54) is 11.3 Å². The summed E-state index contributed by atoms with van der Waals surface area (Å²) in [4.78, 5) is 32.7. The van der Waals surface area contributed by atoms with Crippen LogP contribution in [-0.4, -0.2) is 65.7 Å². The summed E-state index contributed by atoms with van der Waals surface area (Å²) in [5.41, 5.74) is 6.57. The van der Waals surface area contributed by atoms with E-state index in [0.717, 1.165) is 72.9 Å². The van der Waals surface area contributed by atoms with Crippen LogP contribution in [-0.2, 0) is 27.2 Å². The second-order valence-electron chi connectivity index (χ2n) is 11.7. The van der Waals surface area contributed by atoms with E-state index in [4.69, 9.17) is 4.74 Å². The first-order valence-electron chi connectivity index (χ1n) is 13.4. The van der Waals surface area contributed by atoms with Crippen LogP contribution in [0, 0.1) is 11.3 Å². The molecule has 2 heterocycles. The highest BCUT2D eigenvalue weighted by Crippen LogP contribution is 2.38. The molecule has 0 unspecified atom stereocenters. The number of hydrogen-bond acceptors (Lipinski definition) is 4. The first-order valence-corrected chi connectivity index (χ1v) is 13.4. The van der Waals surface area contributed by atoms with E-state index < -0.39 is 0 Å². The Morgan fingerprint density at radius 1 is 1.14 bits per heavy atom. The molecule has 0 spiro atoms. The van der Waals surface area contributed by atoms with Crippen LogP contribution in [0.5, 0.6) is 0 Å². The van der Waals surface area contributed by atoms with Crippen molar-refractivity contribution in [2.45, 2.75) is 64.9 Å². The van der Waals surface area contributed by atoms with Gasteiger partial charge >= 0.3 is 0 Å². The number of rotatable bonds is 6. The second-order valence-corrected chi connectivity index (χ2v) is 11.7. The lowest BCUT2D eigenvalue weighted by Gasteiger charge is -2.30. The number of nitrogens with one attached hydrogen (secondary N) is 2. The maximum Gasteiger partial charge on any atom is 0.246 e. The maximum atomic E-state index is 13.1. The van der Waals surface area contributed by atoms with Crippen molar-refractivity contribution in [3.63, 3.8) is 0 Å². The average molecular weight is 506 g/mol. The zero-order valence-electron chi connectivity index (χ0n) is 22.7. The minimum atomic E-state index is -0.114. The third-order valence-corrected chi connectivity index (χ3v) is 8.39. The van der Waals surface area contributed by atoms with Crippen LogP contribution in [0.15, 0.2) is 24.3 Å². The fourth-order valence-electron chi connectivity index (χ4n) is 5.91. The summed E-state index contributed by atoms with van der Waals surface area (Å²) in [6.07, 6.45) is 6.84. The standard InChI is InChI=1S/C29H39N5O3/c1-29(2)13-12-22-25(16-29)31-32-27(22)24-14-19-6-9-20(15-23(19)30-24)34(4)26(35)17-33(3)28(36)18-7-10-21(37-5)11-8-18/h6,9,14-15,18,21,30H,7-8,10-13,16-17H2,1-5H3,(H,31,32). The number of aromatic nitrogens is 3. The monoisotopic (exact) mass is 505 g/mol. The first kappa shape index (κ1) is 25.5. The summed E-state index contributed by atoms with van der Waals surface area (Å²) < 4.78 is 5.42. The summed E-state index contributed by atoms with van der Waals surface area (Å²) in [6, 6.07) is 8.10. The van der Waals surface area contributed by atoms with Gasteiger partial charge < -0.3 is 19.5 Å². The molecule has 198 valence electrons. The van der Waals surface area contributed by atoms with Crippen LogP contribution in [0.2, 0.25) is 0 Å². The van der Waals surface area contributed by atoms with E-state index in [0.29, 0.717) is 5.41 Å². The van der Waals surface area contributed by atoms with Crippen LogP contribution in [0.3, 0.4) is 0 Å². The highest BCUT2D eigenvalue weighted by atomic mass is 16.5. The third-order valence-electron chi connectivity index (χ3n) is 8.39. The number of aromatic amines is 2. The number of amides is 2. The van der Waals surface area contributed by atoms with E-state index in [9.17, 15) is 9.59 Å². The van der Waals surface area contributed by atoms with Gasteiger partial charge in [0.1, 0.15) is 5.69 Å². The number of hydrogen-bond donors (Lipinski definition) is 2. The van der Waals surface area contributed by atoms with Gasteiger partial charge in [0, 0.05) is 55.0 Å². The normalized spacial score (nSPS) is 21.0. The van der Waals surface area contributed by atoms with Gasteiger partial charge in [-0.25, -0.2) is 0 Å². The lowest BCUT2D eigenvalue weighted by Crippen LogP contribution is -2.42. The van der Waals surface area contributed by atoms with Crippen molar-refractivity contribution in [1.29, 1.82) is 0 Å². The molecule has 2 N–H and O–H groups in total. The lowest BCUT2D eigenvalue weighted by atomic mass is 9.76. The highest BCUT2D eigenvalue weighted by Gasteiger charge is 2.31. The number of likely N-dealkylation sites (N-methyl/N-ethyl adjacent to an activating group) is 2. The van der Waals surface area contributed by atoms with E-state index >= 15 is 0 Å². The van der Waals surface area contributed by atoms with Gasteiger partial charge in [0.05, 0.1) is 18.3 Å². The lowest BCUT2D eigenvalue weighted by molar-refractivity contribution is -0.139. The Kier molecular flexibility index (Phi) is 6.88. The molecular formula is C29H39N5O3. The number of methoxy groups -OCH3 is 1. The van der Waals surface area contributed by atoms with E-state index in [1.54, 1.807) is 31.0 Å². The zero-order chi connectivity index (χ0) is 26.3. The smallest absolute Gasteiger partial charge is 0.246 e. The van der Waals surface area contributed by atoms with E-state index in [-0.39, 0.29) is 30.4 Å². The van der Waals surface area contributed by atoms with Crippen molar-refractivity contribution in [3.05, 3.63) is 35.5 Å². The molecular weight excluding hydrogens is 466 g/mol. The maximum absolute atomic E-state index is 13.1. The highest BCUT2D eigenvalue weighted by molar-refractivity contribution is 5.98. The number of carbonyl (C=O) groups excluding carboxylic acids is 2. The Balaban J connectivity index is 1.27. The fourth-order valence-corrected chi connectivity index (χ4v) is 5.91. The predicted octanol–water partition coefficient (Wildman–Crippen LogP) is 4.70. The molecule has 3 aromatic rings. The molecule has 1 aromatic carbocycles. The molecule has 1 fully saturated rings. The quantitative estimate of drug-likeness (QED) is 0.508. The number of benzene rings is 1. The molecule has 37 heavy (non-hydrogen) atoms. The zero-order valence-corrected chi connectivity index (χ0v) is 22.7. The van der Waals surface area contributed by atoms with Gasteiger partial charge in [-0.15, -0.1) is 0 Å². The van der Waals surface area contributed by atoms with Crippen molar-refractivity contribution >= 4 is 28.4 Å². The molecule has 2 aliphatic carbocycles. The van der Waals surface area contributed by atoms with Crippen molar-refractivity contribution in [3.8, 4) is 11.4 Å². The van der Waals surface area contributed by atoms with Gasteiger partial charge in [-0.05, 0) is 68.6 Å². The molecule has 2 aliphatic rings. The summed E-state index contributed by atoms with van der Waals surface area (Å²) in [5, 5.41) is 8.99. The number of fused-ring (bicyclic) bond motifs is 2. The molecule has 0 aliphatic heterocycles. The summed E-state index contributed by atoms with van der Waals surface area (Å²) in [6.45, 7) is 4.67. The molecule has 0 saturated heterocycles. The Morgan fingerprint density at radius 2 is 1.89 bits per heavy atom. The van der Waals surface area contributed by atoms with Crippen molar-refractivity contribution in [2.24, 2.45) is 11.3 Å². The minimum absolute atomic E-state index is 0.0259. The molecule has 0 atom stereocenters. The average Bonchev–Trinajstić information content (AvgIpc) is 3.49. The van der Waals surface area contributed by atoms with E-state index in [1.807, 2.05) is 18.2 Å². The molecule has 8 nitrogen and oxygen atoms in total. The SMILES string of the molecule is COC1CCC(C(=O)N(C)CC(=O)N(C)c2ccc3cc(-c4n[nH]c5c4CCC(C)(C)C5)[nH]c3c2)CC1. The molecule has 0 radical (unpaired) electrons. The minimum Gasteiger partial charge on any atom is -0.381 e. The first-order chi connectivity index (χ1) is 17.6. The third kappa shape index (κ3) is 5.17. The summed E-state index contributed by atoms with van der Waals surface area (Å²) in [7, 11) is 5.22. The van der Waals surface area contributed by atoms with Crippen LogP contribution < -0.4 is 4.90 Å². The Morgan fingerprint density at radius 3 is 2.62 bits per heavy atom. The summed E-state index contributed by atoms with van der Waals surface area (Å²) >= 11 is 0. The second kappa shape index (κ2) is 9.97. The molecule has 8 heteroatoms. The van der Waals surface area contributed by atoms with Gasteiger partial charge in [0.2, 0.25) is 11.8 Å². The number of anilines is 1. The van der Waals surface area contributed by atoms with Crippen molar-refractivity contribution in [1.82, 2.24) is 20.1 Å². The van der Waals surface area contributed by atoms with Crippen LogP contribution in [0.4, 0.5) is 5.69 Å². The Bertz CT molecular complexity index is 1300. The van der Waals surface area contributed by atoms with Gasteiger partial charge in [-0.1, -0.05) is 19.9 Å². The van der Waals surface area contributed by atoms with Gasteiger partial charge in [-0.3, -0.25) is 14.7 Å². The van der Waals surface area contributed by atoms with E-state index in [2.05, 4.69) is 35.1 Å². The molecule has 1 saturated carbocycles. The van der Waals surface area contributed by atoms with Crippen LogP contribution in [0.1, 0.15) is 57.2 Å². The largest absolute Gasteiger partial charge is 0.381 e. The van der Waals surface area contributed by atoms with Crippen molar-refractivity contribution in [2.75, 3.05) is 32.6 Å².